The van der Waals surface area contributed by atoms with Crippen LogP contribution in [0.5, 0.6) is 0 Å². The van der Waals surface area contributed by atoms with E-state index in [9.17, 15) is 0 Å². The van der Waals surface area contributed by atoms with Crippen LogP contribution in [0.1, 0.15) is 18.4 Å². The van der Waals surface area contributed by atoms with Gasteiger partial charge in [0.05, 0.1) is 11.9 Å². The SMILES string of the molecule is Cc1cc(NC2CC(N)C2)cnc1Br. The molecule has 4 heteroatoms. The van der Waals surface area contributed by atoms with Gasteiger partial charge in [-0.2, -0.15) is 0 Å². The molecule has 1 saturated carbocycles. The Labute approximate surface area is 92.2 Å². The summed E-state index contributed by atoms with van der Waals surface area (Å²) in [5.74, 6) is 0. The summed E-state index contributed by atoms with van der Waals surface area (Å²) in [6, 6.07) is 3.02. The topological polar surface area (TPSA) is 50.9 Å². The molecule has 76 valence electrons. The molecule has 2 rings (SSSR count). The standard InChI is InChI=1S/C10H14BrN3/c1-6-2-9(5-13-10(6)11)14-8-3-7(12)4-8/h2,5,7-8,14H,3-4,12H2,1H3. The number of anilines is 1. The monoisotopic (exact) mass is 255 g/mol. The highest BCUT2D eigenvalue weighted by Gasteiger charge is 2.25. The predicted octanol–water partition coefficient (Wildman–Crippen LogP) is 2.05. The number of hydrogen-bond donors (Lipinski definition) is 2. The molecule has 14 heavy (non-hydrogen) atoms. The lowest BCUT2D eigenvalue weighted by molar-refractivity contribution is 0.373. The Balaban J connectivity index is 2.00. The molecule has 0 unspecified atom stereocenters. The molecule has 0 radical (unpaired) electrons. The Kier molecular flexibility index (Phi) is 2.74. The molecule has 1 heterocycles. The Hall–Kier alpha value is -0.610. The Morgan fingerprint density at radius 2 is 2.29 bits per heavy atom. The van der Waals surface area contributed by atoms with Crippen LogP contribution in [-0.4, -0.2) is 17.1 Å². The summed E-state index contributed by atoms with van der Waals surface area (Å²) in [6.45, 7) is 2.04. The second-order valence-corrected chi connectivity index (χ2v) is 4.66. The third-order valence-corrected chi connectivity index (χ3v) is 3.39. The lowest BCUT2D eigenvalue weighted by Crippen LogP contribution is -2.44. The molecule has 0 saturated heterocycles. The van der Waals surface area contributed by atoms with Crippen molar-refractivity contribution in [3.63, 3.8) is 0 Å². The van der Waals surface area contributed by atoms with Gasteiger partial charge in [-0.05, 0) is 47.3 Å². The maximum atomic E-state index is 5.71. The van der Waals surface area contributed by atoms with Crippen molar-refractivity contribution in [2.24, 2.45) is 5.73 Å². The molecule has 1 fully saturated rings. The summed E-state index contributed by atoms with van der Waals surface area (Å²) in [5, 5.41) is 3.41. The second kappa shape index (κ2) is 3.87. The first kappa shape index (κ1) is 9.93. The van der Waals surface area contributed by atoms with Gasteiger partial charge in [-0.25, -0.2) is 4.98 Å². The third-order valence-electron chi connectivity index (χ3n) is 2.56. The van der Waals surface area contributed by atoms with E-state index in [4.69, 9.17) is 5.73 Å². The number of rotatable bonds is 2. The Bertz CT molecular complexity index is 334. The van der Waals surface area contributed by atoms with E-state index in [1.165, 1.54) is 0 Å². The van der Waals surface area contributed by atoms with Gasteiger partial charge in [-0.15, -0.1) is 0 Å². The number of pyridine rings is 1. The minimum absolute atomic E-state index is 0.386. The van der Waals surface area contributed by atoms with Crippen LogP contribution >= 0.6 is 15.9 Å². The van der Waals surface area contributed by atoms with Crippen LogP contribution < -0.4 is 11.1 Å². The van der Waals surface area contributed by atoms with Gasteiger partial charge in [-0.3, -0.25) is 0 Å². The molecule has 0 atom stereocenters. The quantitative estimate of drug-likeness (QED) is 0.796. The minimum Gasteiger partial charge on any atom is -0.381 e. The van der Waals surface area contributed by atoms with Crippen LogP contribution in [0, 0.1) is 6.92 Å². The molecule has 1 aromatic heterocycles. The fraction of sp³-hybridized carbons (Fsp3) is 0.500. The van der Waals surface area contributed by atoms with Gasteiger partial charge in [0.15, 0.2) is 0 Å². The Morgan fingerprint density at radius 1 is 1.57 bits per heavy atom. The van der Waals surface area contributed by atoms with Gasteiger partial charge in [0.1, 0.15) is 4.60 Å². The van der Waals surface area contributed by atoms with E-state index in [2.05, 4.69) is 32.3 Å². The zero-order valence-corrected chi connectivity index (χ0v) is 9.71. The lowest BCUT2D eigenvalue weighted by Gasteiger charge is -2.33. The van der Waals surface area contributed by atoms with Gasteiger partial charge >= 0.3 is 0 Å². The van der Waals surface area contributed by atoms with E-state index in [1.807, 2.05) is 13.1 Å². The van der Waals surface area contributed by atoms with Crippen LogP contribution in [0.2, 0.25) is 0 Å². The van der Waals surface area contributed by atoms with Crippen LogP contribution in [0.25, 0.3) is 0 Å². The van der Waals surface area contributed by atoms with Gasteiger partial charge in [0, 0.05) is 12.1 Å². The number of hydrogen-bond acceptors (Lipinski definition) is 3. The summed E-state index contributed by atoms with van der Waals surface area (Å²) >= 11 is 3.38. The van der Waals surface area contributed by atoms with Crippen molar-refractivity contribution >= 4 is 21.6 Å². The summed E-state index contributed by atoms with van der Waals surface area (Å²) in [6.07, 6.45) is 3.98. The highest BCUT2D eigenvalue weighted by Crippen LogP contribution is 2.24. The average Bonchev–Trinajstić information content (AvgIpc) is 2.09. The van der Waals surface area contributed by atoms with Crippen LogP contribution in [0.3, 0.4) is 0 Å². The van der Waals surface area contributed by atoms with Gasteiger partial charge < -0.3 is 11.1 Å². The highest BCUT2D eigenvalue weighted by atomic mass is 79.9. The van der Waals surface area contributed by atoms with E-state index in [1.54, 1.807) is 0 Å². The number of nitrogens with two attached hydrogens (primary N) is 1. The van der Waals surface area contributed by atoms with Crippen LogP contribution in [-0.2, 0) is 0 Å². The first-order valence-corrected chi connectivity index (χ1v) is 5.58. The number of nitrogens with one attached hydrogen (secondary N) is 1. The maximum Gasteiger partial charge on any atom is 0.109 e. The molecular weight excluding hydrogens is 242 g/mol. The highest BCUT2D eigenvalue weighted by molar-refractivity contribution is 9.10. The smallest absolute Gasteiger partial charge is 0.109 e. The molecule has 0 aliphatic heterocycles. The molecule has 3 nitrogen and oxygen atoms in total. The molecule has 1 aliphatic rings. The summed E-state index contributed by atoms with van der Waals surface area (Å²) < 4.78 is 0.911. The molecule has 0 amide bonds. The van der Waals surface area contributed by atoms with E-state index in [0.29, 0.717) is 12.1 Å². The predicted molar refractivity (Wildman–Crippen MR) is 61.3 cm³/mol. The van der Waals surface area contributed by atoms with Crippen molar-refractivity contribution in [2.45, 2.75) is 31.8 Å². The van der Waals surface area contributed by atoms with Gasteiger partial charge in [0.25, 0.3) is 0 Å². The van der Waals surface area contributed by atoms with Crippen molar-refractivity contribution in [1.82, 2.24) is 4.98 Å². The van der Waals surface area contributed by atoms with Crippen molar-refractivity contribution in [2.75, 3.05) is 5.32 Å². The summed E-state index contributed by atoms with van der Waals surface area (Å²) in [5.41, 5.74) is 7.95. The average molecular weight is 256 g/mol. The second-order valence-electron chi connectivity index (χ2n) is 3.90. The number of aryl methyl sites for hydroxylation is 1. The zero-order chi connectivity index (χ0) is 10.1. The lowest BCUT2D eigenvalue weighted by atomic mass is 9.87. The molecule has 1 aromatic rings. The summed E-state index contributed by atoms with van der Waals surface area (Å²) in [7, 11) is 0. The Morgan fingerprint density at radius 3 is 2.86 bits per heavy atom. The molecule has 1 aliphatic carbocycles. The molecule has 0 bridgehead atoms. The summed E-state index contributed by atoms with van der Waals surface area (Å²) in [4.78, 5) is 4.23. The first-order valence-electron chi connectivity index (χ1n) is 4.79. The van der Waals surface area contributed by atoms with Crippen molar-refractivity contribution in [1.29, 1.82) is 0 Å². The fourth-order valence-electron chi connectivity index (χ4n) is 1.65. The molecule has 3 N–H and O–H groups in total. The van der Waals surface area contributed by atoms with Gasteiger partial charge in [0.2, 0.25) is 0 Å². The van der Waals surface area contributed by atoms with Crippen LogP contribution in [0.4, 0.5) is 5.69 Å². The molecule has 0 aromatic carbocycles. The van der Waals surface area contributed by atoms with Crippen molar-refractivity contribution in [3.05, 3.63) is 22.4 Å². The number of aromatic nitrogens is 1. The van der Waals surface area contributed by atoms with Crippen molar-refractivity contribution in [3.8, 4) is 0 Å². The van der Waals surface area contributed by atoms with E-state index in [-0.39, 0.29) is 0 Å². The zero-order valence-electron chi connectivity index (χ0n) is 8.13. The van der Waals surface area contributed by atoms with Gasteiger partial charge in [-0.1, -0.05) is 0 Å². The first-order chi connectivity index (χ1) is 6.65. The van der Waals surface area contributed by atoms with Crippen LogP contribution in [0.15, 0.2) is 16.9 Å². The van der Waals surface area contributed by atoms with Crippen molar-refractivity contribution < 1.29 is 0 Å². The maximum absolute atomic E-state index is 5.71. The normalized spacial score (nSPS) is 25.6. The largest absolute Gasteiger partial charge is 0.381 e. The molecular formula is C10H14BrN3. The van der Waals surface area contributed by atoms with E-state index >= 15 is 0 Å². The fourth-order valence-corrected chi connectivity index (χ4v) is 1.87. The molecule has 0 spiro atoms. The number of halogens is 1. The third kappa shape index (κ3) is 2.07. The van der Waals surface area contributed by atoms with E-state index in [0.717, 1.165) is 28.7 Å². The number of nitrogens with zero attached hydrogens (tertiary/aromatic N) is 1. The van der Waals surface area contributed by atoms with E-state index < -0.39 is 0 Å². The minimum atomic E-state index is 0.386.